The van der Waals surface area contributed by atoms with Gasteiger partial charge in [0, 0.05) is 19.5 Å². The Morgan fingerprint density at radius 2 is 1.93 bits per heavy atom. The lowest BCUT2D eigenvalue weighted by Gasteiger charge is -2.31. The van der Waals surface area contributed by atoms with E-state index in [1.54, 1.807) is 12.1 Å². The quantitative estimate of drug-likeness (QED) is 0.475. The number of piperidine rings is 1. The van der Waals surface area contributed by atoms with Crippen molar-refractivity contribution in [3.8, 4) is 18.1 Å². The van der Waals surface area contributed by atoms with Gasteiger partial charge in [-0.2, -0.15) is 0 Å². The lowest BCUT2D eigenvalue weighted by molar-refractivity contribution is -0.132. The van der Waals surface area contributed by atoms with Crippen molar-refractivity contribution in [3.63, 3.8) is 0 Å². The molecule has 1 saturated heterocycles. The predicted octanol–water partition coefficient (Wildman–Crippen LogP) is 2.14. The van der Waals surface area contributed by atoms with Gasteiger partial charge in [-0.05, 0) is 49.4 Å². The summed E-state index contributed by atoms with van der Waals surface area (Å²) in [5, 5.41) is 0. The van der Waals surface area contributed by atoms with E-state index >= 15 is 0 Å². The molecule has 148 valence electrons. The minimum absolute atomic E-state index is 0.0166. The highest BCUT2D eigenvalue weighted by molar-refractivity contribution is 7.91. The molecule has 1 aromatic carbocycles. The average molecular weight is 394 g/mol. The molecular weight excluding hydrogens is 366 g/mol. The highest BCUT2D eigenvalue weighted by Gasteiger charge is 2.23. The van der Waals surface area contributed by atoms with Gasteiger partial charge in [0.25, 0.3) is 0 Å². The molecule has 1 amide bonds. The zero-order valence-electron chi connectivity index (χ0n) is 15.7. The third-order valence-electron chi connectivity index (χ3n) is 4.73. The van der Waals surface area contributed by atoms with E-state index in [0.29, 0.717) is 44.4 Å². The number of hydrogen-bond donors (Lipinski definition) is 0. The van der Waals surface area contributed by atoms with Crippen LogP contribution in [0.15, 0.2) is 29.2 Å². The largest absolute Gasteiger partial charge is 0.497 e. The Bertz CT molecular complexity index is 744. The van der Waals surface area contributed by atoms with E-state index in [1.807, 2.05) is 4.90 Å². The van der Waals surface area contributed by atoms with Gasteiger partial charge in [-0.25, -0.2) is 8.42 Å². The van der Waals surface area contributed by atoms with E-state index in [9.17, 15) is 13.2 Å². The van der Waals surface area contributed by atoms with E-state index in [4.69, 9.17) is 15.9 Å². The molecule has 1 aliphatic rings. The molecule has 0 bridgehead atoms. The SMILES string of the molecule is C#CCOCC1CCN(C(=O)CCCS(=O)(=O)c2ccc(OC)cc2)CC1. The van der Waals surface area contributed by atoms with Crippen molar-refractivity contribution in [2.45, 2.75) is 30.6 Å². The summed E-state index contributed by atoms with van der Waals surface area (Å²) in [6.07, 6.45) is 7.50. The van der Waals surface area contributed by atoms with E-state index in [0.717, 1.165) is 12.8 Å². The number of benzene rings is 1. The number of nitrogens with zero attached hydrogens (tertiary/aromatic N) is 1. The molecule has 1 fully saturated rings. The third-order valence-corrected chi connectivity index (χ3v) is 6.54. The van der Waals surface area contributed by atoms with Gasteiger partial charge in [-0.3, -0.25) is 4.79 Å². The smallest absolute Gasteiger partial charge is 0.222 e. The second-order valence-corrected chi connectivity index (χ2v) is 8.75. The van der Waals surface area contributed by atoms with Crippen LogP contribution in [0.4, 0.5) is 0 Å². The lowest BCUT2D eigenvalue weighted by Crippen LogP contribution is -2.39. The van der Waals surface area contributed by atoms with Crippen molar-refractivity contribution in [1.29, 1.82) is 0 Å². The van der Waals surface area contributed by atoms with Crippen molar-refractivity contribution < 1.29 is 22.7 Å². The minimum atomic E-state index is -3.39. The molecule has 1 heterocycles. The number of carbonyl (C=O) groups excluding carboxylic acids is 1. The minimum Gasteiger partial charge on any atom is -0.497 e. The second-order valence-electron chi connectivity index (χ2n) is 6.64. The number of ether oxygens (including phenoxy) is 2. The Hall–Kier alpha value is -2.04. The summed E-state index contributed by atoms with van der Waals surface area (Å²) >= 11 is 0. The number of methoxy groups -OCH3 is 1. The van der Waals surface area contributed by atoms with Crippen LogP contribution in [0.25, 0.3) is 0 Å². The molecule has 0 aromatic heterocycles. The molecule has 6 nitrogen and oxygen atoms in total. The van der Waals surface area contributed by atoms with Crippen molar-refractivity contribution in [2.75, 3.05) is 39.2 Å². The van der Waals surface area contributed by atoms with Crippen LogP contribution < -0.4 is 4.74 Å². The molecule has 0 unspecified atom stereocenters. The van der Waals surface area contributed by atoms with Gasteiger partial charge in [0.05, 0.1) is 24.4 Å². The zero-order chi connectivity index (χ0) is 19.7. The fourth-order valence-electron chi connectivity index (χ4n) is 3.11. The summed E-state index contributed by atoms with van der Waals surface area (Å²) in [5.41, 5.74) is 0. The van der Waals surface area contributed by atoms with Crippen LogP contribution in [0.2, 0.25) is 0 Å². The van der Waals surface area contributed by atoms with Gasteiger partial charge in [0.1, 0.15) is 12.4 Å². The van der Waals surface area contributed by atoms with Gasteiger partial charge in [-0.1, -0.05) is 5.92 Å². The monoisotopic (exact) mass is 393 g/mol. The maximum absolute atomic E-state index is 12.4. The molecular formula is C20H27NO5S. The lowest BCUT2D eigenvalue weighted by atomic mass is 9.97. The van der Waals surface area contributed by atoms with Crippen molar-refractivity contribution in [1.82, 2.24) is 4.90 Å². The number of likely N-dealkylation sites (tertiary alicyclic amines) is 1. The molecule has 7 heteroatoms. The first-order valence-corrected chi connectivity index (χ1v) is 10.8. The van der Waals surface area contributed by atoms with Gasteiger partial charge in [-0.15, -0.1) is 6.42 Å². The highest BCUT2D eigenvalue weighted by atomic mass is 32.2. The summed E-state index contributed by atoms with van der Waals surface area (Å²) in [4.78, 5) is 14.4. The zero-order valence-corrected chi connectivity index (χ0v) is 16.5. The first-order valence-electron chi connectivity index (χ1n) is 9.12. The molecule has 27 heavy (non-hydrogen) atoms. The Labute approximate surface area is 161 Å². The van der Waals surface area contributed by atoms with E-state index in [1.165, 1.54) is 19.2 Å². The molecule has 1 aliphatic heterocycles. The molecule has 0 radical (unpaired) electrons. The Kier molecular flexibility index (Phi) is 8.14. The van der Waals surface area contributed by atoms with Crippen molar-refractivity contribution in [3.05, 3.63) is 24.3 Å². The molecule has 2 rings (SSSR count). The number of rotatable bonds is 9. The van der Waals surface area contributed by atoms with Crippen LogP contribution in [0.1, 0.15) is 25.7 Å². The summed E-state index contributed by atoms with van der Waals surface area (Å²) in [6, 6.07) is 6.30. The molecule has 0 atom stereocenters. The van der Waals surface area contributed by atoms with Crippen molar-refractivity contribution in [2.24, 2.45) is 5.92 Å². The number of terminal acetylenes is 1. The van der Waals surface area contributed by atoms with Gasteiger partial charge < -0.3 is 14.4 Å². The molecule has 0 aliphatic carbocycles. The summed E-state index contributed by atoms with van der Waals surface area (Å²) in [7, 11) is -1.86. The first-order chi connectivity index (χ1) is 13.0. The van der Waals surface area contributed by atoms with E-state index in [-0.39, 0.29) is 23.0 Å². The maximum Gasteiger partial charge on any atom is 0.222 e. The number of amides is 1. The molecule has 1 aromatic rings. The van der Waals surface area contributed by atoms with Gasteiger partial charge in [0.15, 0.2) is 9.84 Å². The molecule has 0 N–H and O–H groups in total. The van der Waals surface area contributed by atoms with Crippen LogP contribution in [-0.2, 0) is 19.4 Å². The van der Waals surface area contributed by atoms with Crippen LogP contribution in [0.3, 0.4) is 0 Å². The first kappa shape index (κ1) is 21.3. The van der Waals surface area contributed by atoms with E-state index < -0.39 is 9.84 Å². The van der Waals surface area contributed by atoms with E-state index in [2.05, 4.69) is 5.92 Å². The van der Waals surface area contributed by atoms with Crippen LogP contribution in [0, 0.1) is 18.3 Å². The molecule has 0 saturated carbocycles. The Morgan fingerprint density at radius 1 is 1.26 bits per heavy atom. The number of carbonyl (C=O) groups is 1. The fraction of sp³-hybridized carbons (Fsp3) is 0.550. The normalized spacial score (nSPS) is 15.3. The topological polar surface area (TPSA) is 72.9 Å². The summed E-state index contributed by atoms with van der Waals surface area (Å²) < 4.78 is 35.1. The molecule has 0 spiro atoms. The maximum atomic E-state index is 12.4. The Balaban J connectivity index is 1.73. The fourth-order valence-corrected chi connectivity index (χ4v) is 4.42. The van der Waals surface area contributed by atoms with Crippen LogP contribution in [-0.4, -0.2) is 58.4 Å². The van der Waals surface area contributed by atoms with Crippen LogP contribution >= 0.6 is 0 Å². The van der Waals surface area contributed by atoms with Crippen LogP contribution in [0.5, 0.6) is 5.75 Å². The van der Waals surface area contributed by atoms with Crippen molar-refractivity contribution >= 4 is 15.7 Å². The average Bonchev–Trinajstić information content (AvgIpc) is 2.68. The van der Waals surface area contributed by atoms with Gasteiger partial charge in [0.2, 0.25) is 5.91 Å². The Morgan fingerprint density at radius 3 is 2.52 bits per heavy atom. The summed E-state index contributed by atoms with van der Waals surface area (Å²) in [6.45, 7) is 2.33. The standard InChI is InChI=1S/C20H27NO5S/c1-3-14-26-16-17-10-12-21(13-11-17)20(22)5-4-15-27(23,24)19-8-6-18(25-2)7-9-19/h1,6-9,17H,4-5,10-16H2,2H3. The number of hydrogen-bond acceptors (Lipinski definition) is 5. The second kappa shape index (κ2) is 10.3. The predicted molar refractivity (Wildman–Crippen MR) is 103 cm³/mol. The third kappa shape index (κ3) is 6.56. The summed E-state index contributed by atoms with van der Waals surface area (Å²) in [5.74, 6) is 3.46. The number of sulfone groups is 1. The highest BCUT2D eigenvalue weighted by Crippen LogP contribution is 2.20. The van der Waals surface area contributed by atoms with Gasteiger partial charge >= 0.3 is 0 Å².